The van der Waals surface area contributed by atoms with Gasteiger partial charge in [-0.05, 0) is 136 Å². The fraction of sp³-hybridized carbons (Fsp3) is 0.900. The van der Waals surface area contributed by atoms with Crippen molar-refractivity contribution >= 4 is 16.9 Å². The lowest BCUT2D eigenvalue weighted by atomic mass is 9.96. The van der Waals surface area contributed by atoms with Gasteiger partial charge in [0.25, 0.3) is 0 Å². The summed E-state index contributed by atoms with van der Waals surface area (Å²) >= 11 is 0. The first-order valence-electron chi connectivity index (χ1n) is 14.6. The number of carbonyl (C=O) groups excluding carboxylic acids is 1. The average Bonchev–Trinajstić information content (AvgIpc) is 2.83. The van der Waals surface area contributed by atoms with Crippen LogP contribution >= 0.6 is 0 Å². The maximum absolute atomic E-state index is 12.1. The monoisotopic (exact) mass is 541 g/mol. The predicted molar refractivity (Wildman–Crippen MR) is 150 cm³/mol. The summed E-state index contributed by atoms with van der Waals surface area (Å²) in [5.41, 5.74) is -0.852. The fourth-order valence-electron chi connectivity index (χ4n) is 5.98. The standard InChI is InChI=1S/C30H53O6S/c1-22(35-36-30(5,6)7)33-24-15-19-27(20-16-24)37(25-11-9-8-10-12-25)26-17-13-23(14-18-26)32-21-28(31)34-29(2,3)4/h23-27H,1,8-21H2,2-7H3/q+1. The van der Waals surface area contributed by atoms with Crippen LogP contribution in [0.4, 0.5) is 0 Å². The highest BCUT2D eigenvalue weighted by molar-refractivity contribution is 7.98. The highest BCUT2D eigenvalue weighted by Crippen LogP contribution is 2.41. The van der Waals surface area contributed by atoms with Crippen LogP contribution in [0.1, 0.15) is 125 Å². The van der Waals surface area contributed by atoms with E-state index in [2.05, 4.69) is 6.58 Å². The van der Waals surface area contributed by atoms with E-state index in [4.69, 9.17) is 24.0 Å². The largest absolute Gasteiger partial charge is 0.460 e. The molecule has 0 aromatic carbocycles. The average molecular weight is 542 g/mol. The highest BCUT2D eigenvalue weighted by atomic mass is 32.2. The molecule has 0 aliphatic heterocycles. The molecule has 3 fully saturated rings. The van der Waals surface area contributed by atoms with Gasteiger partial charge in [0.05, 0.1) is 6.10 Å². The smallest absolute Gasteiger partial charge is 0.332 e. The molecule has 3 rings (SSSR count). The summed E-state index contributed by atoms with van der Waals surface area (Å²) in [6.07, 6.45) is 16.5. The molecule has 0 radical (unpaired) electrons. The predicted octanol–water partition coefficient (Wildman–Crippen LogP) is 7.15. The quantitative estimate of drug-likeness (QED) is 0.0962. The second kappa shape index (κ2) is 13.9. The van der Waals surface area contributed by atoms with E-state index < -0.39 is 11.2 Å². The molecular weight excluding hydrogens is 488 g/mol. The topological polar surface area (TPSA) is 63.2 Å². The van der Waals surface area contributed by atoms with Crippen LogP contribution in [0.25, 0.3) is 0 Å². The van der Waals surface area contributed by atoms with Gasteiger partial charge in [0, 0.05) is 0 Å². The maximum atomic E-state index is 12.1. The Hall–Kier alpha value is -0.920. The van der Waals surface area contributed by atoms with Gasteiger partial charge in [0.2, 0.25) is 0 Å². The molecule has 3 aliphatic carbocycles. The first-order valence-corrected chi connectivity index (χ1v) is 16.1. The molecule has 6 nitrogen and oxygen atoms in total. The van der Waals surface area contributed by atoms with Crippen molar-refractivity contribution in [2.75, 3.05) is 6.61 Å². The third-order valence-electron chi connectivity index (χ3n) is 7.49. The maximum Gasteiger partial charge on any atom is 0.332 e. The number of ether oxygens (including phenoxy) is 3. The number of rotatable bonds is 10. The zero-order chi connectivity index (χ0) is 27.1. The zero-order valence-electron chi connectivity index (χ0n) is 24.4. The van der Waals surface area contributed by atoms with Gasteiger partial charge in [-0.1, -0.05) is 6.42 Å². The molecule has 0 aromatic rings. The molecule has 0 spiro atoms. The first-order chi connectivity index (χ1) is 17.4. The van der Waals surface area contributed by atoms with Gasteiger partial charge in [-0.2, -0.15) is 4.89 Å². The van der Waals surface area contributed by atoms with Crippen LogP contribution in [-0.2, 0) is 39.7 Å². The van der Waals surface area contributed by atoms with E-state index in [0.29, 0.717) is 10.9 Å². The Morgan fingerprint density at radius 1 is 0.730 bits per heavy atom. The fourth-order valence-corrected chi connectivity index (χ4v) is 10.1. The Kier molecular flexibility index (Phi) is 11.5. The zero-order valence-corrected chi connectivity index (χ0v) is 25.2. The lowest BCUT2D eigenvalue weighted by Gasteiger charge is -2.38. The summed E-state index contributed by atoms with van der Waals surface area (Å²) in [5.74, 6) is 0.0166. The van der Waals surface area contributed by atoms with Crippen molar-refractivity contribution in [1.29, 1.82) is 0 Å². The normalized spacial score (nSPS) is 28.8. The van der Waals surface area contributed by atoms with Crippen molar-refractivity contribution < 1.29 is 28.8 Å². The van der Waals surface area contributed by atoms with Crippen molar-refractivity contribution in [2.45, 2.75) is 164 Å². The lowest BCUT2D eigenvalue weighted by molar-refractivity contribution is -0.347. The molecular formula is C30H53O6S+. The molecule has 1 unspecified atom stereocenters. The Bertz CT molecular complexity index is 705. The van der Waals surface area contributed by atoms with Crippen molar-refractivity contribution in [3.8, 4) is 0 Å². The molecule has 3 saturated carbocycles. The highest BCUT2D eigenvalue weighted by Gasteiger charge is 2.47. The van der Waals surface area contributed by atoms with Crippen LogP contribution in [0.15, 0.2) is 12.5 Å². The Balaban J connectivity index is 1.49. The van der Waals surface area contributed by atoms with E-state index >= 15 is 0 Å². The summed E-state index contributed by atoms with van der Waals surface area (Å²) in [6, 6.07) is 0. The lowest BCUT2D eigenvalue weighted by Crippen LogP contribution is -2.46. The van der Waals surface area contributed by atoms with Gasteiger partial charge in [-0.25, -0.2) is 4.79 Å². The summed E-state index contributed by atoms with van der Waals surface area (Å²) in [4.78, 5) is 22.7. The van der Waals surface area contributed by atoms with Crippen LogP contribution in [0.5, 0.6) is 0 Å². The van der Waals surface area contributed by atoms with E-state index in [1.165, 1.54) is 57.8 Å². The van der Waals surface area contributed by atoms with Gasteiger partial charge < -0.3 is 14.2 Å². The number of esters is 1. The van der Waals surface area contributed by atoms with Crippen LogP contribution in [0.2, 0.25) is 0 Å². The molecule has 3 aliphatic rings. The number of hydrogen-bond donors (Lipinski definition) is 0. The Labute approximate surface area is 228 Å². The van der Waals surface area contributed by atoms with Gasteiger partial charge in [-0.15, -0.1) is 0 Å². The Morgan fingerprint density at radius 2 is 1.24 bits per heavy atom. The van der Waals surface area contributed by atoms with Crippen LogP contribution in [-0.4, -0.2) is 51.7 Å². The van der Waals surface area contributed by atoms with Gasteiger partial charge in [0.1, 0.15) is 39.7 Å². The molecule has 7 heteroatoms. The van der Waals surface area contributed by atoms with Crippen LogP contribution < -0.4 is 0 Å². The molecule has 0 saturated heterocycles. The van der Waals surface area contributed by atoms with Gasteiger partial charge >= 0.3 is 11.9 Å². The number of carbonyl (C=O) groups is 1. The van der Waals surface area contributed by atoms with E-state index in [9.17, 15) is 4.79 Å². The first kappa shape index (κ1) is 30.6. The third-order valence-corrected chi connectivity index (χ3v) is 11.2. The minimum absolute atomic E-state index is 0.0702. The minimum atomic E-state index is -0.461. The van der Waals surface area contributed by atoms with E-state index in [1.54, 1.807) is 0 Å². The molecule has 0 heterocycles. The SMILES string of the molecule is C=C(OOC(C)(C)C)OC1CCC([S+](C2CCCCC2)C2CCC(OCC(=O)OC(C)(C)C)CC2)CC1. The molecule has 0 aromatic heterocycles. The molecule has 0 N–H and O–H groups in total. The van der Waals surface area contributed by atoms with Crippen molar-refractivity contribution in [3.63, 3.8) is 0 Å². The van der Waals surface area contributed by atoms with Gasteiger partial charge in [0.15, 0.2) is 0 Å². The van der Waals surface area contributed by atoms with E-state index in [0.717, 1.165) is 41.4 Å². The van der Waals surface area contributed by atoms with Crippen molar-refractivity contribution in [2.24, 2.45) is 0 Å². The summed E-state index contributed by atoms with van der Waals surface area (Å²) < 4.78 is 17.4. The third kappa shape index (κ3) is 11.0. The summed E-state index contributed by atoms with van der Waals surface area (Å²) in [7, 11) is 0.451. The second-order valence-electron chi connectivity index (χ2n) is 13.1. The molecule has 214 valence electrons. The second-order valence-corrected chi connectivity index (χ2v) is 15.9. The van der Waals surface area contributed by atoms with E-state index in [-0.39, 0.29) is 30.7 Å². The summed E-state index contributed by atoms with van der Waals surface area (Å²) in [5, 5.41) is 2.48. The molecule has 0 amide bonds. The van der Waals surface area contributed by atoms with E-state index in [1.807, 2.05) is 41.5 Å². The Morgan fingerprint density at radius 3 is 1.76 bits per heavy atom. The summed E-state index contributed by atoms with van der Waals surface area (Å²) in [6.45, 7) is 15.5. The van der Waals surface area contributed by atoms with Crippen molar-refractivity contribution in [1.82, 2.24) is 0 Å². The molecule has 37 heavy (non-hydrogen) atoms. The van der Waals surface area contributed by atoms with Gasteiger partial charge in [-0.3, -0.25) is 4.89 Å². The van der Waals surface area contributed by atoms with Crippen LogP contribution in [0.3, 0.4) is 0 Å². The number of hydrogen-bond acceptors (Lipinski definition) is 6. The molecule has 0 bridgehead atoms. The molecule has 1 atom stereocenters. The minimum Gasteiger partial charge on any atom is -0.460 e. The van der Waals surface area contributed by atoms with Crippen molar-refractivity contribution in [3.05, 3.63) is 12.5 Å². The van der Waals surface area contributed by atoms with Crippen LogP contribution in [0, 0.1) is 0 Å².